The minimum Gasteiger partial charge on any atom is -0.494 e. The summed E-state index contributed by atoms with van der Waals surface area (Å²) in [7, 11) is 1.53. The van der Waals surface area contributed by atoms with Gasteiger partial charge in [0.2, 0.25) is 0 Å². The molecule has 0 saturated heterocycles. The van der Waals surface area contributed by atoms with Crippen molar-refractivity contribution in [3.8, 4) is 5.75 Å². The number of Topliss-reactive ketones (excluding diaryl/α,β-unsaturated/α-hetero) is 1. The Kier molecular flexibility index (Phi) is 5.52. The van der Waals surface area contributed by atoms with Gasteiger partial charge in [-0.25, -0.2) is 4.98 Å². The molecule has 6 heteroatoms. The van der Waals surface area contributed by atoms with Gasteiger partial charge in [0.05, 0.1) is 24.9 Å². The van der Waals surface area contributed by atoms with Gasteiger partial charge >= 0.3 is 5.97 Å². The van der Waals surface area contributed by atoms with Crippen molar-refractivity contribution in [3.63, 3.8) is 0 Å². The molecule has 0 aliphatic heterocycles. The average Bonchev–Trinajstić information content (AvgIpc) is 3.74. The minimum atomic E-state index is -0.926. The van der Waals surface area contributed by atoms with Crippen LogP contribution < -0.4 is 9.64 Å². The van der Waals surface area contributed by atoms with Crippen molar-refractivity contribution in [1.29, 1.82) is 0 Å². The Hall–Kier alpha value is -3.41. The van der Waals surface area contributed by atoms with Crippen molar-refractivity contribution < 1.29 is 19.4 Å². The number of aromatic nitrogens is 1. The van der Waals surface area contributed by atoms with Gasteiger partial charge in [-0.2, -0.15) is 0 Å². The lowest BCUT2D eigenvalue weighted by atomic mass is 9.99. The van der Waals surface area contributed by atoms with Gasteiger partial charge in [-0.05, 0) is 54.0 Å². The highest BCUT2D eigenvalue weighted by atomic mass is 16.5. The van der Waals surface area contributed by atoms with Crippen LogP contribution in [0.15, 0.2) is 48.7 Å². The number of rotatable bonds is 9. The molecule has 33 heavy (non-hydrogen) atoms. The maximum Gasteiger partial charge on any atom is 0.307 e. The van der Waals surface area contributed by atoms with Crippen LogP contribution in [0.2, 0.25) is 0 Å². The fraction of sp³-hybridized carbons (Fsp3) is 0.370. The monoisotopic (exact) mass is 444 g/mol. The Morgan fingerprint density at radius 2 is 1.94 bits per heavy atom. The fourth-order valence-corrected chi connectivity index (χ4v) is 4.60. The molecule has 0 bridgehead atoms. The number of anilines is 1. The number of aryl methyl sites for hydroxylation is 1. The molecule has 0 spiro atoms. The number of carbonyl (C=O) groups is 2. The van der Waals surface area contributed by atoms with Crippen LogP contribution in [0.25, 0.3) is 10.8 Å². The third-order valence-corrected chi connectivity index (χ3v) is 6.90. The number of methoxy groups -OCH3 is 1. The molecule has 2 atom stereocenters. The van der Waals surface area contributed by atoms with Crippen molar-refractivity contribution in [2.75, 3.05) is 18.6 Å². The summed E-state index contributed by atoms with van der Waals surface area (Å²) >= 11 is 0. The van der Waals surface area contributed by atoms with E-state index in [0.717, 1.165) is 18.8 Å². The second-order valence-electron chi connectivity index (χ2n) is 9.30. The Balaban J connectivity index is 1.47. The molecular weight excluding hydrogens is 416 g/mol. The molecule has 3 aromatic rings. The van der Waals surface area contributed by atoms with Crippen molar-refractivity contribution in [3.05, 3.63) is 65.5 Å². The molecule has 170 valence electrons. The van der Waals surface area contributed by atoms with E-state index >= 15 is 0 Å². The second kappa shape index (κ2) is 8.50. The summed E-state index contributed by atoms with van der Waals surface area (Å²) in [6.07, 6.45) is 4.56. The van der Waals surface area contributed by atoms with Gasteiger partial charge in [-0.15, -0.1) is 0 Å². The number of ketones is 1. The molecule has 2 unspecified atom stereocenters. The lowest BCUT2D eigenvalue weighted by Crippen LogP contribution is -2.26. The number of carbonyl (C=O) groups excluding carboxylic acids is 1. The van der Waals surface area contributed by atoms with Gasteiger partial charge in [-0.3, -0.25) is 9.59 Å². The van der Waals surface area contributed by atoms with E-state index in [2.05, 4.69) is 53.2 Å². The summed E-state index contributed by atoms with van der Waals surface area (Å²) in [6.45, 7) is 3.81. The van der Waals surface area contributed by atoms with Crippen LogP contribution in [0, 0.1) is 24.7 Å². The highest BCUT2D eigenvalue weighted by Gasteiger charge is 2.49. The van der Waals surface area contributed by atoms with Gasteiger partial charge in [0.25, 0.3) is 0 Å². The summed E-state index contributed by atoms with van der Waals surface area (Å²) in [5.74, 6) is -1.21. The number of pyridine rings is 1. The molecule has 6 nitrogen and oxygen atoms in total. The normalized spacial score (nSPS) is 19.3. The minimum absolute atomic E-state index is 0.225. The maximum atomic E-state index is 12.8. The summed E-state index contributed by atoms with van der Waals surface area (Å²) in [6, 6.07) is 14.6. The predicted octanol–water partition coefficient (Wildman–Crippen LogP) is 4.87. The Labute approximate surface area is 193 Å². The number of nitrogens with zero attached hydrogens (tertiary/aromatic N) is 2. The zero-order valence-electron chi connectivity index (χ0n) is 19.0. The number of fused-ring (bicyclic) bond motifs is 1. The van der Waals surface area contributed by atoms with Gasteiger partial charge in [0, 0.05) is 25.1 Å². The maximum absolute atomic E-state index is 12.8. The lowest BCUT2D eigenvalue weighted by molar-refractivity contribution is -0.138. The summed E-state index contributed by atoms with van der Waals surface area (Å²) < 4.78 is 5.54. The van der Waals surface area contributed by atoms with Crippen LogP contribution >= 0.6 is 0 Å². The Bertz CT molecular complexity index is 1230. The van der Waals surface area contributed by atoms with Gasteiger partial charge in [0.15, 0.2) is 5.78 Å². The predicted molar refractivity (Wildman–Crippen MR) is 127 cm³/mol. The SMILES string of the molecule is COc1cc(N(Cc2c(C)ccc3ccccc23)CC2CC2)cnc1C(=O)C1CC1C(=O)O. The number of aliphatic carboxylic acids is 1. The van der Waals surface area contributed by atoms with Crippen LogP contribution in [0.4, 0.5) is 5.69 Å². The molecule has 2 fully saturated rings. The van der Waals surface area contributed by atoms with E-state index in [0.29, 0.717) is 18.1 Å². The van der Waals surface area contributed by atoms with Gasteiger partial charge in [-0.1, -0.05) is 36.4 Å². The van der Waals surface area contributed by atoms with E-state index < -0.39 is 17.8 Å². The van der Waals surface area contributed by atoms with Gasteiger partial charge in [0.1, 0.15) is 11.4 Å². The van der Waals surface area contributed by atoms with E-state index in [1.807, 2.05) is 6.07 Å². The largest absolute Gasteiger partial charge is 0.494 e. The molecule has 2 saturated carbocycles. The topological polar surface area (TPSA) is 79.7 Å². The summed E-state index contributed by atoms with van der Waals surface area (Å²) in [4.78, 5) is 30.8. The first kappa shape index (κ1) is 21.4. The molecule has 1 heterocycles. The second-order valence-corrected chi connectivity index (χ2v) is 9.30. The molecule has 2 aliphatic rings. The van der Waals surface area contributed by atoms with E-state index in [4.69, 9.17) is 4.74 Å². The lowest BCUT2D eigenvalue weighted by Gasteiger charge is -2.27. The first-order valence-electron chi connectivity index (χ1n) is 11.5. The number of ether oxygens (including phenoxy) is 1. The quantitative estimate of drug-likeness (QED) is 0.474. The standard InChI is InChI=1S/C27H28N2O4/c1-16-7-10-18-5-3-4-6-20(18)23(16)15-29(14-17-8-9-17)19-11-24(33-2)25(28-13-19)26(30)21-12-22(21)27(31)32/h3-7,10-11,13,17,21-22H,8-9,12,14-15H2,1-2H3,(H,31,32). The third-order valence-electron chi connectivity index (χ3n) is 6.90. The van der Waals surface area contributed by atoms with Gasteiger partial charge < -0.3 is 14.7 Å². The zero-order chi connectivity index (χ0) is 23.1. The number of hydrogen-bond donors (Lipinski definition) is 1. The van der Waals surface area contributed by atoms with E-state index in [-0.39, 0.29) is 11.5 Å². The molecule has 1 N–H and O–H groups in total. The number of carboxylic acids is 1. The molecule has 0 radical (unpaired) electrons. The van der Waals surface area contributed by atoms with Crippen LogP contribution in [0.1, 0.15) is 40.9 Å². The molecule has 0 amide bonds. The van der Waals surface area contributed by atoms with Crippen LogP contribution in [0.3, 0.4) is 0 Å². The van der Waals surface area contributed by atoms with Crippen molar-refractivity contribution in [2.45, 2.75) is 32.7 Å². The Morgan fingerprint density at radius 3 is 2.64 bits per heavy atom. The first-order valence-corrected chi connectivity index (χ1v) is 11.5. The molecular formula is C27H28N2O4. The molecule has 2 aliphatic carbocycles. The van der Waals surface area contributed by atoms with Crippen LogP contribution in [-0.2, 0) is 11.3 Å². The van der Waals surface area contributed by atoms with Crippen molar-refractivity contribution >= 4 is 28.2 Å². The molecule has 1 aromatic heterocycles. The smallest absolute Gasteiger partial charge is 0.307 e. The van der Waals surface area contributed by atoms with E-state index in [1.54, 1.807) is 6.20 Å². The zero-order valence-corrected chi connectivity index (χ0v) is 19.0. The van der Waals surface area contributed by atoms with Crippen molar-refractivity contribution in [2.24, 2.45) is 17.8 Å². The Morgan fingerprint density at radius 1 is 1.15 bits per heavy atom. The first-order chi connectivity index (χ1) is 16.0. The summed E-state index contributed by atoms with van der Waals surface area (Å²) in [5, 5.41) is 11.6. The number of carboxylic acid groups (broad SMARTS) is 1. The highest BCUT2D eigenvalue weighted by molar-refractivity contribution is 6.03. The third kappa shape index (κ3) is 4.30. The molecule has 5 rings (SSSR count). The highest BCUT2D eigenvalue weighted by Crippen LogP contribution is 2.42. The van der Waals surface area contributed by atoms with Crippen LogP contribution in [0.5, 0.6) is 5.75 Å². The molecule has 2 aromatic carbocycles. The van der Waals surface area contributed by atoms with E-state index in [1.165, 1.54) is 41.9 Å². The fourth-order valence-electron chi connectivity index (χ4n) is 4.60. The number of hydrogen-bond acceptors (Lipinski definition) is 5. The average molecular weight is 445 g/mol. The number of benzene rings is 2. The van der Waals surface area contributed by atoms with Crippen LogP contribution in [-0.4, -0.2) is 35.5 Å². The van der Waals surface area contributed by atoms with Crippen molar-refractivity contribution in [1.82, 2.24) is 4.98 Å². The summed E-state index contributed by atoms with van der Waals surface area (Å²) in [5.41, 5.74) is 3.67. The van der Waals surface area contributed by atoms with E-state index in [9.17, 15) is 14.7 Å².